The van der Waals surface area contributed by atoms with Crippen molar-refractivity contribution in [3.05, 3.63) is 45.5 Å². The van der Waals surface area contributed by atoms with Gasteiger partial charge < -0.3 is 14.5 Å². The van der Waals surface area contributed by atoms with Crippen molar-refractivity contribution in [2.24, 2.45) is 0 Å². The predicted molar refractivity (Wildman–Crippen MR) is 83.6 cm³/mol. The third-order valence-corrected chi connectivity index (χ3v) is 5.21. The van der Waals surface area contributed by atoms with Crippen LogP contribution in [0.1, 0.15) is 5.69 Å². The number of aromatic nitrogens is 1. The van der Waals surface area contributed by atoms with Crippen LogP contribution in [0.3, 0.4) is 0 Å². The van der Waals surface area contributed by atoms with Gasteiger partial charge in [-0.25, -0.2) is 0 Å². The molecule has 0 aromatic carbocycles. The highest BCUT2D eigenvalue weighted by molar-refractivity contribution is 8.27. The number of rotatable bonds is 2. The molecule has 1 aromatic rings. The van der Waals surface area contributed by atoms with Gasteiger partial charge in [0.25, 0.3) is 0 Å². The Balaban J connectivity index is 2.09. The van der Waals surface area contributed by atoms with Crippen LogP contribution < -0.4 is 0 Å². The van der Waals surface area contributed by atoms with Gasteiger partial charge in [-0.2, -0.15) is 0 Å². The largest absolute Gasteiger partial charge is 0.507 e. The molecule has 0 atom stereocenters. The van der Waals surface area contributed by atoms with E-state index in [9.17, 15) is 24.3 Å². The number of furan rings is 1. The smallest absolute Gasteiger partial charge is 0.433 e. The number of nitrogens with zero attached hydrogens (tertiary/aromatic N) is 1. The summed E-state index contributed by atoms with van der Waals surface area (Å²) in [6.45, 7) is 0. The van der Waals surface area contributed by atoms with E-state index in [1.54, 1.807) is 6.07 Å². The van der Waals surface area contributed by atoms with Gasteiger partial charge in [0.05, 0.1) is 33.5 Å². The van der Waals surface area contributed by atoms with Gasteiger partial charge in [0.1, 0.15) is 16.4 Å². The molecule has 0 bridgehead atoms. The van der Waals surface area contributed by atoms with E-state index in [0.29, 0.717) is 17.0 Å². The summed E-state index contributed by atoms with van der Waals surface area (Å²) in [6.07, 6.45) is 1.52. The first-order chi connectivity index (χ1) is 10.9. The van der Waals surface area contributed by atoms with E-state index < -0.39 is 21.4 Å². The normalized spacial score (nSPS) is 16.6. The van der Waals surface area contributed by atoms with Crippen LogP contribution in [0.2, 0.25) is 0 Å². The first-order valence-electron chi connectivity index (χ1n) is 6.47. The summed E-state index contributed by atoms with van der Waals surface area (Å²) < 4.78 is 25.8. The molecule has 0 fully saturated rings. The summed E-state index contributed by atoms with van der Waals surface area (Å²) in [7, 11) is -3.23. The molecule has 0 spiro atoms. The van der Waals surface area contributed by atoms with Crippen LogP contribution >= 0.6 is 10.6 Å². The summed E-state index contributed by atoms with van der Waals surface area (Å²) in [5.41, 5.74) is 1.56. The zero-order valence-corrected chi connectivity index (χ0v) is 12.2. The lowest BCUT2D eigenvalue weighted by atomic mass is 10.0. The molecule has 3 heterocycles. The molecule has 4 N–H and O–H groups in total. The number of aromatic hydroxyl groups is 1. The minimum Gasteiger partial charge on any atom is -0.507 e. The highest BCUT2D eigenvalue weighted by Crippen LogP contribution is 2.62. The third kappa shape index (κ3) is 1.88. The van der Waals surface area contributed by atoms with E-state index in [1.165, 1.54) is 29.7 Å². The Labute approximate surface area is 130 Å². The first-order valence-corrected chi connectivity index (χ1v) is 8.08. The fraction of sp³-hybridized carbons (Fsp3) is 0. The number of hydrogen-bond acceptors (Lipinski definition) is 6. The Morgan fingerprint density at radius 3 is 2.65 bits per heavy atom. The number of H-pyrrole nitrogens is 1. The maximum absolute atomic E-state index is 10.8. The van der Waals surface area contributed by atoms with Gasteiger partial charge in [-0.05, 0) is 24.3 Å². The van der Waals surface area contributed by atoms with E-state index in [0.717, 1.165) is 0 Å². The average Bonchev–Trinajstić information content (AvgIpc) is 3.17. The lowest BCUT2D eigenvalue weighted by molar-refractivity contribution is -0.401. The minimum absolute atomic E-state index is 0.0807. The van der Waals surface area contributed by atoms with E-state index in [-0.39, 0.29) is 22.0 Å². The van der Waals surface area contributed by atoms with Gasteiger partial charge >= 0.3 is 5.88 Å². The topological polar surface area (TPSA) is 133 Å². The van der Waals surface area contributed by atoms with Gasteiger partial charge in [0, 0.05) is 5.41 Å². The molecule has 8 nitrogen and oxygen atoms in total. The van der Waals surface area contributed by atoms with Crippen LogP contribution in [0, 0.1) is 10.1 Å². The van der Waals surface area contributed by atoms with Gasteiger partial charge in [0.15, 0.2) is 0 Å². The van der Waals surface area contributed by atoms with Crippen molar-refractivity contribution in [2.45, 2.75) is 4.90 Å². The Morgan fingerprint density at radius 2 is 1.96 bits per heavy atom. The number of nitrogens with one attached hydrogen (secondary N) is 1. The quantitative estimate of drug-likeness (QED) is 0.412. The molecule has 3 aliphatic rings. The molecule has 9 heteroatoms. The fourth-order valence-corrected chi connectivity index (χ4v) is 4.15. The predicted octanol–water partition coefficient (Wildman–Crippen LogP) is 4.09. The minimum atomic E-state index is -3.23. The Morgan fingerprint density at radius 1 is 1.17 bits per heavy atom. The number of aromatic amines is 1. The number of fused-ring (bicyclic) bond motifs is 2. The molecular weight excluding hydrogens is 324 g/mol. The maximum atomic E-state index is 10.8. The van der Waals surface area contributed by atoms with E-state index in [4.69, 9.17) is 4.42 Å². The van der Waals surface area contributed by atoms with Crippen LogP contribution in [0.25, 0.3) is 28.7 Å². The molecule has 2 aliphatic heterocycles. The van der Waals surface area contributed by atoms with Gasteiger partial charge in [0.2, 0.25) is 0 Å². The molecule has 0 radical (unpaired) electrons. The van der Waals surface area contributed by atoms with Crippen LogP contribution in [0.5, 0.6) is 5.75 Å². The summed E-state index contributed by atoms with van der Waals surface area (Å²) in [5, 5.41) is 22.2. The highest BCUT2D eigenvalue weighted by Gasteiger charge is 2.33. The number of hydrogen-bond donors (Lipinski definition) is 4. The summed E-state index contributed by atoms with van der Waals surface area (Å²) in [6, 6.07) is 5.63. The van der Waals surface area contributed by atoms with E-state index >= 15 is 0 Å². The van der Waals surface area contributed by atoms with Gasteiger partial charge in [-0.15, -0.1) is 10.6 Å². The second-order valence-electron chi connectivity index (χ2n) is 5.04. The molecule has 1 aliphatic carbocycles. The lowest BCUT2D eigenvalue weighted by Gasteiger charge is -2.28. The van der Waals surface area contributed by atoms with Crippen LogP contribution in [0.15, 0.2) is 39.0 Å². The standard InChI is InChI=1S/C14H10N2O6S/c17-9-2-1-7-12(9)13(10-3-4-11(22-10)16(18)19)14-8(15-7)5-6-23(14,20)21/h1-6,15,17,20-21H. The molecule has 1 aromatic heterocycles. The second-order valence-corrected chi connectivity index (χ2v) is 6.91. The van der Waals surface area contributed by atoms with Crippen LogP contribution in [-0.4, -0.2) is 24.1 Å². The molecular formula is C14H10N2O6S. The SMILES string of the molecule is O=[N+]([O-])c1ccc(-c2c3c(O)ccc-3[nH]c3c2S(O)(O)C=C3)o1. The van der Waals surface area contributed by atoms with E-state index in [1.807, 2.05) is 0 Å². The fourth-order valence-electron chi connectivity index (χ4n) is 2.74. The van der Waals surface area contributed by atoms with Crippen molar-refractivity contribution in [2.75, 3.05) is 0 Å². The number of nitro groups is 1. The van der Waals surface area contributed by atoms with E-state index in [2.05, 4.69) is 4.98 Å². The Hall–Kier alpha value is -2.75. The Bertz CT molecular complexity index is 954. The van der Waals surface area contributed by atoms with Crippen LogP contribution in [0.4, 0.5) is 5.88 Å². The molecule has 0 saturated heterocycles. The van der Waals surface area contributed by atoms with Crippen molar-refractivity contribution >= 4 is 22.6 Å². The zero-order valence-electron chi connectivity index (χ0n) is 11.4. The second kappa shape index (κ2) is 4.38. The lowest BCUT2D eigenvalue weighted by Crippen LogP contribution is -2.00. The Kier molecular flexibility index (Phi) is 2.64. The van der Waals surface area contributed by atoms with Crippen molar-refractivity contribution in [1.29, 1.82) is 0 Å². The van der Waals surface area contributed by atoms with Crippen molar-refractivity contribution in [3.8, 4) is 28.3 Å². The molecule has 0 unspecified atom stereocenters. The molecule has 23 heavy (non-hydrogen) atoms. The van der Waals surface area contributed by atoms with Gasteiger partial charge in [-0.3, -0.25) is 19.2 Å². The summed E-state index contributed by atoms with van der Waals surface area (Å²) in [5.74, 6) is -0.476. The molecule has 0 saturated carbocycles. The summed E-state index contributed by atoms with van der Waals surface area (Å²) in [4.78, 5) is 13.3. The van der Waals surface area contributed by atoms with Crippen molar-refractivity contribution < 1.29 is 23.6 Å². The number of pyridine rings is 1. The maximum Gasteiger partial charge on any atom is 0.433 e. The summed E-state index contributed by atoms with van der Waals surface area (Å²) >= 11 is 0. The van der Waals surface area contributed by atoms with Gasteiger partial charge in [-0.1, -0.05) is 0 Å². The molecule has 4 rings (SSSR count). The van der Waals surface area contributed by atoms with Crippen molar-refractivity contribution in [1.82, 2.24) is 4.98 Å². The van der Waals surface area contributed by atoms with Crippen molar-refractivity contribution in [3.63, 3.8) is 0 Å². The first kappa shape index (κ1) is 13.9. The third-order valence-electron chi connectivity index (χ3n) is 3.67. The average molecular weight is 334 g/mol. The monoisotopic (exact) mass is 334 g/mol. The zero-order chi connectivity index (χ0) is 16.4. The molecule has 118 valence electrons. The van der Waals surface area contributed by atoms with Crippen LogP contribution in [-0.2, 0) is 0 Å². The molecule has 0 amide bonds. The highest BCUT2D eigenvalue weighted by atomic mass is 32.3.